The summed E-state index contributed by atoms with van der Waals surface area (Å²) in [6, 6.07) is 8.27. The molecule has 1 aromatic carbocycles. The van der Waals surface area contributed by atoms with Crippen LogP contribution >= 0.6 is 11.6 Å². The number of aryl methyl sites for hydroxylation is 1. The van der Waals surface area contributed by atoms with Gasteiger partial charge in [-0.2, -0.15) is 13.5 Å². The molecule has 1 aromatic heterocycles. The lowest BCUT2D eigenvalue weighted by Crippen LogP contribution is -2.38. The van der Waals surface area contributed by atoms with Gasteiger partial charge in [0.15, 0.2) is 0 Å². The summed E-state index contributed by atoms with van der Waals surface area (Å²) in [5, 5.41) is 6.07. The van der Waals surface area contributed by atoms with E-state index in [1.54, 1.807) is 4.68 Å². The van der Waals surface area contributed by atoms with Crippen molar-refractivity contribution in [3.05, 3.63) is 41.4 Å². The average molecular weight is 385 g/mol. The Kier molecular flexibility index (Phi) is 8.82. The van der Waals surface area contributed by atoms with Crippen molar-refractivity contribution in [2.24, 2.45) is 0 Å². The highest BCUT2D eigenvalue weighted by molar-refractivity contribution is 7.71. The Morgan fingerprint density at radius 1 is 1.24 bits per heavy atom. The van der Waals surface area contributed by atoms with Crippen LogP contribution in [0.25, 0.3) is 5.69 Å². The maximum Gasteiger partial charge on any atom is 0.211 e. The Hall–Kier alpha value is -1.70. The molecule has 0 atom stereocenters. The SMILES string of the molecule is CC(C)N(CC=S(=O)=O)C(C)C.Cc1ncnn1-c1cccc(Cl)c1. The molecular weight excluding hydrogens is 360 g/mol. The van der Waals surface area contributed by atoms with Gasteiger partial charge in [0, 0.05) is 29.0 Å². The van der Waals surface area contributed by atoms with Crippen LogP contribution in [-0.4, -0.2) is 52.1 Å². The molecule has 25 heavy (non-hydrogen) atoms. The van der Waals surface area contributed by atoms with E-state index >= 15 is 0 Å². The third-order valence-corrected chi connectivity index (χ3v) is 4.18. The Morgan fingerprint density at radius 2 is 1.88 bits per heavy atom. The average Bonchev–Trinajstić information content (AvgIpc) is 2.93. The molecule has 8 heteroatoms. The van der Waals surface area contributed by atoms with Gasteiger partial charge in [0.2, 0.25) is 10.3 Å². The maximum atomic E-state index is 10.3. The predicted octanol–water partition coefficient (Wildman–Crippen LogP) is 3.02. The molecule has 2 rings (SSSR count). The summed E-state index contributed by atoms with van der Waals surface area (Å²) >= 11 is 5.85. The van der Waals surface area contributed by atoms with Gasteiger partial charge in [-0.05, 0) is 52.8 Å². The van der Waals surface area contributed by atoms with Gasteiger partial charge in [-0.25, -0.2) is 9.67 Å². The second-order valence-electron chi connectivity index (χ2n) is 6.01. The molecule has 0 saturated carbocycles. The molecule has 0 aliphatic carbocycles. The van der Waals surface area contributed by atoms with Gasteiger partial charge in [0.25, 0.3) is 0 Å². The van der Waals surface area contributed by atoms with E-state index in [9.17, 15) is 8.42 Å². The van der Waals surface area contributed by atoms with E-state index in [1.165, 1.54) is 11.7 Å². The number of hydrogen-bond acceptors (Lipinski definition) is 5. The molecule has 0 fully saturated rings. The van der Waals surface area contributed by atoms with Crippen molar-refractivity contribution in [2.75, 3.05) is 6.54 Å². The highest BCUT2D eigenvalue weighted by Gasteiger charge is 2.11. The molecule has 0 N–H and O–H groups in total. The molecule has 0 radical (unpaired) electrons. The van der Waals surface area contributed by atoms with Gasteiger partial charge >= 0.3 is 0 Å². The summed E-state index contributed by atoms with van der Waals surface area (Å²) in [4.78, 5) is 6.14. The summed E-state index contributed by atoms with van der Waals surface area (Å²) in [5.74, 6) is 0.849. The van der Waals surface area contributed by atoms with Gasteiger partial charge in [-0.15, -0.1) is 0 Å². The van der Waals surface area contributed by atoms with Crippen LogP contribution in [-0.2, 0) is 10.3 Å². The number of halogens is 1. The largest absolute Gasteiger partial charge is 0.294 e. The number of nitrogens with zero attached hydrogens (tertiary/aromatic N) is 4. The zero-order chi connectivity index (χ0) is 19.0. The van der Waals surface area contributed by atoms with E-state index in [-0.39, 0.29) is 0 Å². The van der Waals surface area contributed by atoms with Crippen LogP contribution in [0, 0.1) is 6.92 Å². The van der Waals surface area contributed by atoms with E-state index in [2.05, 4.69) is 42.7 Å². The molecule has 1 heterocycles. The minimum absolute atomic E-state index is 0.379. The van der Waals surface area contributed by atoms with E-state index in [1.807, 2.05) is 31.2 Å². The van der Waals surface area contributed by atoms with Crippen molar-refractivity contribution in [1.29, 1.82) is 0 Å². The molecule has 138 valence electrons. The minimum Gasteiger partial charge on any atom is -0.294 e. The van der Waals surface area contributed by atoms with Gasteiger partial charge in [0.05, 0.1) is 5.69 Å². The summed E-state index contributed by atoms with van der Waals surface area (Å²) in [7, 11) is -2.04. The Balaban J connectivity index is 0.000000252. The van der Waals surface area contributed by atoms with Crippen molar-refractivity contribution in [1.82, 2.24) is 19.7 Å². The van der Waals surface area contributed by atoms with Crippen molar-refractivity contribution in [2.45, 2.75) is 46.7 Å². The second-order valence-corrected chi connectivity index (χ2v) is 7.30. The summed E-state index contributed by atoms with van der Waals surface area (Å²) in [5.41, 5.74) is 0.933. The minimum atomic E-state index is -2.04. The molecule has 0 aliphatic rings. The van der Waals surface area contributed by atoms with Crippen LogP contribution in [0.4, 0.5) is 0 Å². The van der Waals surface area contributed by atoms with Crippen molar-refractivity contribution < 1.29 is 8.42 Å². The first kappa shape index (κ1) is 21.3. The second kappa shape index (κ2) is 10.3. The van der Waals surface area contributed by atoms with Crippen LogP contribution in [0.5, 0.6) is 0 Å². The lowest BCUT2D eigenvalue weighted by molar-refractivity contribution is 0.205. The van der Waals surface area contributed by atoms with Gasteiger partial charge in [0.1, 0.15) is 12.2 Å². The van der Waals surface area contributed by atoms with E-state index < -0.39 is 10.3 Å². The zero-order valence-corrected chi connectivity index (χ0v) is 16.8. The number of aromatic nitrogens is 3. The smallest absolute Gasteiger partial charge is 0.211 e. The van der Waals surface area contributed by atoms with Gasteiger partial charge in [-0.1, -0.05) is 17.7 Å². The molecule has 0 amide bonds. The highest BCUT2D eigenvalue weighted by atomic mass is 35.5. The number of benzene rings is 1. The summed E-state index contributed by atoms with van der Waals surface area (Å²) in [6.07, 6.45) is 1.52. The fourth-order valence-corrected chi connectivity index (χ4v) is 2.80. The quantitative estimate of drug-likeness (QED) is 0.741. The zero-order valence-electron chi connectivity index (χ0n) is 15.2. The van der Waals surface area contributed by atoms with Crippen LogP contribution in [0.1, 0.15) is 33.5 Å². The van der Waals surface area contributed by atoms with Gasteiger partial charge < -0.3 is 0 Å². The fraction of sp³-hybridized carbons (Fsp3) is 0.471. The van der Waals surface area contributed by atoms with Crippen LogP contribution in [0.2, 0.25) is 5.02 Å². The molecule has 0 bridgehead atoms. The normalized spacial score (nSPS) is 10.8. The third kappa shape index (κ3) is 7.37. The summed E-state index contributed by atoms with van der Waals surface area (Å²) in [6.45, 7) is 10.6. The Bertz CT molecular complexity index is 784. The fourth-order valence-electron chi connectivity index (χ4n) is 2.33. The first-order chi connectivity index (χ1) is 11.7. The molecule has 0 unspecified atom stereocenters. The van der Waals surface area contributed by atoms with Crippen LogP contribution < -0.4 is 0 Å². The molecule has 0 spiro atoms. The van der Waals surface area contributed by atoms with Crippen LogP contribution in [0.3, 0.4) is 0 Å². The van der Waals surface area contributed by atoms with E-state index in [4.69, 9.17) is 11.6 Å². The number of rotatable bonds is 5. The van der Waals surface area contributed by atoms with Gasteiger partial charge in [-0.3, -0.25) is 4.90 Å². The van der Waals surface area contributed by atoms with E-state index in [0.29, 0.717) is 23.7 Å². The lowest BCUT2D eigenvalue weighted by atomic mass is 10.2. The summed E-state index contributed by atoms with van der Waals surface area (Å²) < 4.78 is 22.3. The topological polar surface area (TPSA) is 68.1 Å². The van der Waals surface area contributed by atoms with E-state index in [0.717, 1.165) is 11.5 Å². The van der Waals surface area contributed by atoms with Crippen LogP contribution in [0.15, 0.2) is 30.6 Å². The molecule has 0 saturated heterocycles. The van der Waals surface area contributed by atoms with Crippen molar-refractivity contribution in [3.8, 4) is 5.69 Å². The predicted molar refractivity (Wildman–Crippen MR) is 103 cm³/mol. The maximum absolute atomic E-state index is 10.3. The first-order valence-corrected chi connectivity index (χ1v) is 9.53. The number of hydrogen-bond donors (Lipinski definition) is 0. The Morgan fingerprint density at radius 3 is 2.32 bits per heavy atom. The monoisotopic (exact) mass is 384 g/mol. The first-order valence-electron chi connectivity index (χ1n) is 8.02. The molecule has 0 aliphatic heterocycles. The molecular formula is C17H25ClN4O2S. The lowest BCUT2D eigenvalue weighted by Gasteiger charge is -2.28. The standard InChI is InChI=1S/C9H8ClN3.C8H17NO2S/c1-7-11-6-12-13(7)9-4-2-3-8(10)5-9;1-7(2)9(8(3)4)5-6-12(10)11/h2-6H,1H3;6-8H,5H2,1-4H3. The third-order valence-electron chi connectivity index (χ3n) is 3.52. The van der Waals surface area contributed by atoms with Crippen molar-refractivity contribution >= 4 is 27.3 Å². The highest BCUT2D eigenvalue weighted by Crippen LogP contribution is 2.14. The molecule has 6 nitrogen and oxygen atoms in total. The molecule has 2 aromatic rings. The van der Waals surface area contributed by atoms with Crippen molar-refractivity contribution in [3.63, 3.8) is 0 Å². The Labute approximate surface area is 156 Å².